The van der Waals surface area contributed by atoms with E-state index >= 15 is 0 Å². The first-order valence-electron chi connectivity index (χ1n) is 7.38. The first-order valence-corrected chi connectivity index (χ1v) is 8.26. The van der Waals surface area contributed by atoms with Crippen LogP contribution < -0.4 is 11.3 Å². The second-order valence-electron chi connectivity index (χ2n) is 5.22. The first kappa shape index (κ1) is 17.9. The molecule has 0 saturated carbocycles. The lowest BCUT2D eigenvalue weighted by Crippen LogP contribution is -2.25. The van der Waals surface area contributed by atoms with Gasteiger partial charge in [0, 0.05) is 10.8 Å². The Labute approximate surface area is 148 Å². The molecule has 136 valence electrons. The number of nitrogen functional groups attached to an aromatic ring is 1. The third-order valence-corrected chi connectivity index (χ3v) is 4.40. The number of alkyl halides is 3. The van der Waals surface area contributed by atoms with Gasteiger partial charge in [0.05, 0.1) is 28.2 Å². The molecule has 26 heavy (non-hydrogen) atoms. The largest absolute Gasteiger partial charge is 0.461 e. The van der Waals surface area contributed by atoms with E-state index in [4.69, 9.17) is 10.5 Å². The van der Waals surface area contributed by atoms with E-state index in [0.29, 0.717) is 0 Å². The van der Waals surface area contributed by atoms with E-state index in [0.717, 1.165) is 40.3 Å². The molecule has 0 fully saturated rings. The predicted octanol–water partition coefficient (Wildman–Crippen LogP) is 3.22. The van der Waals surface area contributed by atoms with Crippen LogP contribution in [0, 0.1) is 0 Å². The van der Waals surface area contributed by atoms with E-state index in [9.17, 15) is 22.8 Å². The lowest BCUT2D eigenvalue weighted by atomic mass is 10.2. The van der Waals surface area contributed by atoms with Crippen LogP contribution in [0.25, 0.3) is 16.5 Å². The Morgan fingerprint density at radius 3 is 2.54 bits per heavy atom. The number of carbonyl (C=O) groups is 1. The van der Waals surface area contributed by atoms with Crippen molar-refractivity contribution in [3.05, 3.63) is 51.3 Å². The fourth-order valence-electron chi connectivity index (χ4n) is 2.39. The summed E-state index contributed by atoms with van der Waals surface area (Å²) in [6.45, 7) is 1.71. The number of nitrogens with zero attached hydrogens (tertiary/aromatic N) is 2. The van der Waals surface area contributed by atoms with Gasteiger partial charge < -0.3 is 10.5 Å². The SMILES string of the molecule is CCOC(=O)c1nn(-c2ccc(C(F)(F)F)cc2)c(=O)c2c(N)scc12. The van der Waals surface area contributed by atoms with Crippen LogP contribution in [0.4, 0.5) is 18.2 Å². The van der Waals surface area contributed by atoms with E-state index < -0.39 is 23.3 Å². The van der Waals surface area contributed by atoms with Crippen molar-refractivity contribution in [3.8, 4) is 5.69 Å². The predicted molar refractivity (Wildman–Crippen MR) is 90.6 cm³/mol. The number of hydrogen-bond acceptors (Lipinski definition) is 6. The summed E-state index contributed by atoms with van der Waals surface area (Å²) in [4.78, 5) is 24.8. The van der Waals surface area contributed by atoms with Crippen LogP contribution in [0.2, 0.25) is 0 Å². The lowest BCUT2D eigenvalue weighted by Gasteiger charge is -2.10. The molecule has 3 aromatic rings. The number of halogens is 3. The smallest absolute Gasteiger partial charge is 0.416 e. The normalized spacial score (nSPS) is 11.7. The molecule has 0 saturated heterocycles. The molecule has 0 amide bonds. The molecule has 6 nitrogen and oxygen atoms in total. The van der Waals surface area contributed by atoms with Crippen molar-refractivity contribution < 1.29 is 22.7 Å². The minimum atomic E-state index is -4.51. The molecule has 0 aliphatic heterocycles. The fraction of sp³-hybridized carbons (Fsp3) is 0.188. The maximum atomic E-state index is 12.7. The fourth-order valence-corrected chi connectivity index (χ4v) is 3.18. The van der Waals surface area contributed by atoms with Crippen molar-refractivity contribution in [2.24, 2.45) is 0 Å². The third kappa shape index (κ3) is 3.03. The Balaban J connectivity index is 2.23. The highest BCUT2D eigenvalue weighted by Crippen LogP contribution is 2.30. The minimum absolute atomic E-state index is 0.0704. The Bertz CT molecular complexity index is 1040. The van der Waals surface area contributed by atoms with Crippen LogP contribution in [0.5, 0.6) is 0 Å². The van der Waals surface area contributed by atoms with Crippen LogP contribution in [0.3, 0.4) is 0 Å². The number of nitrogens with two attached hydrogens (primary N) is 1. The van der Waals surface area contributed by atoms with Gasteiger partial charge in [-0.1, -0.05) is 0 Å². The van der Waals surface area contributed by atoms with E-state index in [1.54, 1.807) is 6.92 Å². The summed E-state index contributed by atoms with van der Waals surface area (Å²) < 4.78 is 43.9. The van der Waals surface area contributed by atoms with Gasteiger partial charge in [-0.3, -0.25) is 4.79 Å². The van der Waals surface area contributed by atoms with Crippen LogP contribution in [0.15, 0.2) is 34.4 Å². The molecular weight excluding hydrogens is 371 g/mol. The van der Waals surface area contributed by atoms with Crippen molar-refractivity contribution in [1.82, 2.24) is 9.78 Å². The maximum Gasteiger partial charge on any atom is 0.416 e. The summed E-state index contributed by atoms with van der Waals surface area (Å²) in [5.41, 5.74) is 4.27. The lowest BCUT2D eigenvalue weighted by molar-refractivity contribution is -0.137. The minimum Gasteiger partial charge on any atom is -0.461 e. The van der Waals surface area contributed by atoms with Crippen LogP contribution in [-0.2, 0) is 10.9 Å². The average Bonchev–Trinajstić information content (AvgIpc) is 2.97. The van der Waals surface area contributed by atoms with Gasteiger partial charge in [-0.25, -0.2) is 4.79 Å². The number of aromatic nitrogens is 2. The number of anilines is 1. The molecule has 1 aromatic carbocycles. The molecule has 0 aliphatic rings. The molecule has 10 heteroatoms. The van der Waals surface area contributed by atoms with Gasteiger partial charge in [0.15, 0.2) is 5.69 Å². The summed E-state index contributed by atoms with van der Waals surface area (Å²) >= 11 is 1.06. The summed E-state index contributed by atoms with van der Waals surface area (Å²) in [6, 6.07) is 3.85. The molecule has 0 radical (unpaired) electrons. The quantitative estimate of drug-likeness (QED) is 0.702. The Hall–Kier alpha value is -2.88. The molecule has 2 N–H and O–H groups in total. The van der Waals surface area contributed by atoms with E-state index in [2.05, 4.69) is 5.10 Å². The molecule has 0 unspecified atom stereocenters. The topological polar surface area (TPSA) is 87.2 Å². The standard InChI is InChI=1S/C16H12F3N3O3S/c1-2-25-15(24)12-10-7-26-13(20)11(10)14(23)22(21-12)9-5-3-8(4-6-9)16(17,18)19/h3-7H,2,20H2,1H3. The highest BCUT2D eigenvalue weighted by molar-refractivity contribution is 7.15. The zero-order valence-corrected chi connectivity index (χ0v) is 14.1. The molecule has 0 aliphatic carbocycles. The molecule has 0 atom stereocenters. The first-order chi connectivity index (χ1) is 12.2. The number of ether oxygens (including phenoxy) is 1. The molecule has 2 heterocycles. The second-order valence-corrected chi connectivity index (χ2v) is 6.13. The monoisotopic (exact) mass is 383 g/mol. The Morgan fingerprint density at radius 1 is 1.31 bits per heavy atom. The van der Waals surface area contributed by atoms with Crippen LogP contribution >= 0.6 is 11.3 Å². The maximum absolute atomic E-state index is 12.7. The van der Waals surface area contributed by atoms with Gasteiger partial charge in [0.25, 0.3) is 5.56 Å². The van der Waals surface area contributed by atoms with Crippen molar-refractivity contribution >= 4 is 33.1 Å². The number of carbonyl (C=O) groups excluding carboxylic acids is 1. The summed E-state index contributed by atoms with van der Waals surface area (Å²) in [6.07, 6.45) is -4.51. The highest BCUT2D eigenvalue weighted by atomic mass is 32.1. The highest BCUT2D eigenvalue weighted by Gasteiger charge is 2.30. The van der Waals surface area contributed by atoms with Gasteiger partial charge >= 0.3 is 12.1 Å². The number of thiophene rings is 1. The summed E-state index contributed by atoms with van der Waals surface area (Å²) in [5, 5.41) is 6.02. The summed E-state index contributed by atoms with van der Waals surface area (Å²) in [5.74, 6) is -0.754. The van der Waals surface area contributed by atoms with Gasteiger partial charge in [0.1, 0.15) is 0 Å². The van der Waals surface area contributed by atoms with E-state index in [1.165, 1.54) is 5.38 Å². The van der Waals surface area contributed by atoms with Crippen molar-refractivity contribution in [1.29, 1.82) is 0 Å². The van der Waals surface area contributed by atoms with E-state index in [-0.39, 0.29) is 33.8 Å². The number of benzene rings is 1. The van der Waals surface area contributed by atoms with Gasteiger partial charge in [-0.2, -0.15) is 23.0 Å². The third-order valence-electron chi connectivity index (χ3n) is 3.59. The zero-order valence-electron chi connectivity index (χ0n) is 13.3. The molecule has 0 bridgehead atoms. The van der Waals surface area contributed by atoms with Gasteiger partial charge in [-0.05, 0) is 31.2 Å². The zero-order chi connectivity index (χ0) is 19.1. The molecule has 3 rings (SSSR count). The Morgan fingerprint density at radius 2 is 1.96 bits per heavy atom. The van der Waals surface area contributed by atoms with Crippen LogP contribution in [0.1, 0.15) is 23.0 Å². The van der Waals surface area contributed by atoms with Crippen molar-refractivity contribution in [2.75, 3.05) is 12.3 Å². The number of hydrogen-bond donors (Lipinski definition) is 1. The number of rotatable bonds is 3. The molecule has 0 spiro atoms. The van der Waals surface area contributed by atoms with Crippen molar-refractivity contribution in [2.45, 2.75) is 13.1 Å². The number of esters is 1. The summed E-state index contributed by atoms with van der Waals surface area (Å²) in [7, 11) is 0. The second kappa shape index (κ2) is 6.45. The average molecular weight is 383 g/mol. The molecule has 2 aromatic heterocycles. The van der Waals surface area contributed by atoms with Gasteiger partial charge in [0.2, 0.25) is 0 Å². The van der Waals surface area contributed by atoms with Crippen molar-refractivity contribution in [3.63, 3.8) is 0 Å². The van der Waals surface area contributed by atoms with Gasteiger partial charge in [-0.15, -0.1) is 11.3 Å². The van der Waals surface area contributed by atoms with Crippen LogP contribution in [-0.4, -0.2) is 22.4 Å². The number of fused-ring (bicyclic) bond motifs is 1. The Kier molecular flexibility index (Phi) is 4.45. The molecular formula is C16H12F3N3O3S. The van der Waals surface area contributed by atoms with E-state index in [1.807, 2.05) is 0 Å².